The summed E-state index contributed by atoms with van der Waals surface area (Å²) < 4.78 is 6.95. The third kappa shape index (κ3) is 2.72. The monoisotopic (exact) mass is 512 g/mol. The summed E-state index contributed by atoms with van der Waals surface area (Å²) in [6, 6.07) is 45.7. The molecule has 0 fully saturated rings. The maximum Gasteiger partial charge on any atom is 0.215 e. The zero-order valence-electron chi connectivity index (χ0n) is 21.9. The van der Waals surface area contributed by atoms with Gasteiger partial charge in [0.1, 0.15) is 0 Å². The molecule has 0 N–H and O–H groups in total. The minimum Gasteiger partial charge on any atom is -0.313 e. The molecule has 0 saturated heterocycles. The Balaban J connectivity index is 1.49. The van der Waals surface area contributed by atoms with E-state index in [9.17, 15) is 0 Å². The van der Waals surface area contributed by atoms with Gasteiger partial charge in [-0.15, -0.1) is 0 Å². The fourth-order valence-electron chi connectivity index (χ4n) is 6.73. The number of aromatic nitrogens is 4. The van der Waals surface area contributed by atoms with E-state index in [1.807, 2.05) is 0 Å². The van der Waals surface area contributed by atoms with E-state index in [1.54, 1.807) is 0 Å². The summed E-state index contributed by atoms with van der Waals surface area (Å²) in [5, 5.41) is 7.49. The van der Waals surface area contributed by atoms with Crippen LogP contribution in [0.5, 0.6) is 0 Å². The first-order chi connectivity index (χ1) is 19.8. The van der Waals surface area contributed by atoms with E-state index in [4.69, 9.17) is 4.98 Å². The molecule has 0 saturated carbocycles. The van der Waals surface area contributed by atoms with Gasteiger partial charge in [0, 0.05) is 39.7 Å². The Labute approximate surface area is 229 Å². The lowest BCUT2D eigenvalue weighted by Crippen LogP contribution is -2.03. The van der Waals surface area contributed by atoms with E-state index < -0.39 is 0 Å². The van der Waals surface area contributed by atoms with Crippen LogP contribution in [-0.2, 0) is 7.05 Å². The Morgan fingerprint density at radius 1 is 0.450 bits per heavy atom. The van der Waals surface area contributed by atoms with Crippen LogP contribution in [0.1, 0.15) is 0 Å². The highest BCUT2D eigenvalue weighted by Crippen LogP contribution is 2.42. The Bertz CT molecular complexity index is 2440. The molecule has 9 rings (SSSR count). The van der Waals surface area contributed by atoms with Crippen molar-refractivity contribution in [2.45, 2.75) is 0 Å². The molecule has 0 bridgehead atoms. The summed E-state index contributed by atoms with van der Waals surface area (Å²) in [6.45, 7) is 0. The van der Waals surface area contributed by atoms with Crippen LogP contribution in [-0.4, -0.2) is 18.7 Å². The van der Waals surface area contributed by atoms with Crippen molar-refractivity contribution in [3.63, 3.8) is 0 Å². The number of nitrogens with zero attached hydrogens (tertiary/aromatic N) is 4. The highest BCUT2D eigenvalue weighted by molar-refractivity contribution is 6.27. The molecule has 0 aliphatic heterocycles. The van der Waals surface area contributed by atoms with E-state index in [-0.39, 0.29) is 0 Å². The van der Waals surface area contributed by atoms with Crippen LogP contribution in [0.4, 0.5) is 0 Å². The third-order valence-electron chi connectivity index (χ3n) is 8.44. The third-order valence-corrected chi connectivity index (χ3v) is 8.44. The molecule has 0 amide bonds. The van der Waals surface area contributed by atoms with Gasteiger partial charge < -0.3 is 9.13 Å². The lowest BCUT2D eigenvalue weighted by molar-refractivity contribution is 0.871. The predicted molar refractivity (Wildman–Crippen MR) is 167 cm³/mol. The summed E-state index contributed by atoms with van der Waals surface area (Å²) in [5.74, 6) is 0.923. The number of para-hydroxylation sites is 5. The standard InChI is InChI=1S/C36H24N4/c1-38-32-18-10-7-15-29(32)37-36(38)40-30-16-8-5-13-24(30)26-20-19-25-27(35(26)40)21-22-33-34(25)28-14-6-9-17-31(28)39(33)23-11-3-2-4-12-23/h2-22H,1H3. The first kappa shape index (κ1) is 21.6. The summed E-state index contributed by atoms with van der Waals surface area (Å²) in [5.41, 5.74) is 8.07. The van der Waals surface area contributed by atoms with E-state index in [0.717, 1.165) is 22.5 Å². The van der Waals surface area contributed by atoms with Crippen LogP contribution in [0.15, 0.2) is 127 Å². The molecule has 6 aromatic carbocycles. The number of imidazole rings is 1. The molecule has 3 heterocycles. The zero-order chi connectivity index (χ0) is 26.4. The van der Waals surface area contributed by atoms with Gasteiger partial charge in [0.05, 0.1) is 33.1 Å². The molecule has 0 aliphatic rings. The number of benzene rings is 6. The van der Waals surface area contributed by atoms with Gasteiger partial charge >= 0.3 is 0 Å². The van der Waals surface area contributed by atoms with Gasteiger partial charge in [-0.1, -0.05) is 84.9 Å². The van der Waals surface area contributed by atoms with Crippen LogP contribution in [0.2, 0.25) is 0 Å². The molecule has 0 radical (unpaired) electrons. The maximum atomic E-state index is 5.14. The van der Waals surface area contributed by atoms with Crippen LogP contribution < -0.4 is 0 Å². The maximum absolute atomic E-state index is 5.14. The van der Waals surface area contributed by atoms with Gasteiger partial charge in [-0.2, -0.15) is 0 Å². The lowest BCUT2D eigenvalue weighted by Gasteiger charge is -2.11. The summed E-state index contributed by atoms with van der Waals surface area (Å²) in [7, 11) is 2.11. The van der Waals surface area contributed by atoms with E-state index in [0.29, 0.717) is 0 Å². The van der Waals surface area contributed by atoms with Gasteiger partial charge in [0.2, 0.25) is 5.95 Å². The summed E-state index contributed by atoms with van der Waals surface area (Å²) >= 11 is 0. The quantitative estimate of drug-likeness (QED) is 0.227. The second kappa shape index (κ2) is 7.84. The average Bonchev–Trinajstić information content (AvgIpc) is 3.65. The minimum atomic E-state index is 0.923. The molecular formula is C36H24N4. The van der Waals surface area contributed by atoms with Crippen molar-refractivity contribution < 1.29 is 0 Å². The normalized spacial score (nSPS) is 12.1. The Morgan fingerprint density at radius 3 is 1.85 bits per heavy atom. The zero-order valence-corrected chi connectivity index (χ0v) is 21.9. The molecule has 4 heteroatoms. The Kier molecular flexibility index (Phi) is 4.23. The number of fused-ring (bicyclic) bond motifs is 10. The number of hydrogen-bond acceptors (Lipinski definition) is 1. The molecule has 4 nitrogen and oxygen atoms in total. The highest BCUT2D eigenvalue weighted by atomic mass is 15.2. The van der Waals surface area contributed by atoms with E-state index in [1.165, 1.54) is 54.6 Å². The number of aryl methyl sites for hydroxylation is 1. The molecule has 0 unspecified atom stereocenters. The van der Waals surface area contributed by atoms with Crippen molar-refractivity contribution in [2.24, 2.45) is 7.05 Å². The second-order valence-corrected chi connectivity index (χ2v) is 10.5. The largest absolute Gasteiger partial charge is 0.313 e. The summed E-state index contributed by atoms with van der Waals surface area (Å²) in [4.78, 5) is 5.14. The first-order valence-electron chi connectivity index (χ1n) is 13.6. The van der Waals surface area contributed by atoms with Crippen LogP contribution in [0.25, 0.3) is 77.1 Å². The highest BCUT2D eigenvalue weighted by Gasteiger charge is 2.21. The molecule has 9 aromatic rings. The number of hydrogen-bond donors (Lipinski definition) is 0. The summed E-state index contributed by atoms with van der Waals surface area (Å²) in [6.07, 6.45) is 0. The number of rotatable bonds is 2. The van der Waals surface area contributed by atoms with Crippen molar-refractivity contribution in [3.8, 4) is 11.6 Å². The first-order valence-corrected chi connectivity index (χ1v) is 13.6. The Morgan fingerprint density at radius 2 is 1.05 bits per heavy atom. The smallest absolute Gasteiger partial charge is 0.215 e. The molecule has 0 aliphatic carbocycles. The molecular weight excluding hydrogens is 488 g/mol. The van der Waals surface area contributed by atoms with Crippen molar-refractivity contribution in [1.82, 2.24) is 18.7 Å². The molecule has 188 valence electrons. The lowest BCUT2D eigenvalue weighted by atomic mass is 10.0. The predicted octanol–water partition coefficient (Wildman–Crippen LogP) is 8.92. The minimum absolute atomic E-state index is 0.923. The molecule has 0 atom stereocenters. The van der Waals surface area contributed by atoms with Crippen molar-refractivity contribution in [1.29, 1.82) is 0 Å². The van der Waals surface area contributed by atoms with Crippen molar-refractivity contribution in [3.05, 3.63) is 127 Å². The van der Waals surface area contributed by atoms with Gasteiger partial charge in [-0.3, -0.25) is 4.57 Å². The van der Waals surface area contributed by atoms with Crippen LogP contribution in [0, 0.1) is 0 Å². The van der Waals surface area contributed by atoms with Gasteiger partial charge in [0.25, 0.3) is 0 Å². The molecule has 40 heavy (non-hydrogen) atoms. The molecule has 0 spiro atoms. The molecule has 3 aromatic heterocycles. The average molecular weight is 513 g/mol. The van der Waals surface area contributed by atoms with Gasteiger partial charge in [0.15, 0.2) is 0 Å². The fourth-order valence-corrected chi connectivity index (χ4v) is 6.73. The topological polar surface area (TPSA) is 27.7 Å². The van der Waals surface area contributed by atoms with Crippen molar-refractivity contribution in [2.75, 3.05) is 0 Å². The van der Waals surface area contributed by atoms with E-state index in [2.05, 4.69) is 148 Å². The van der Waals surface area contributed by atoms with Gasteiger partial charge in [-0.05, 0) is 47.9 Å². The van der Waals surface area contributed by atoms with Gasteiger partial charge in [-0.25, -0.2) is 4.98 Å². The van der Waals surface area contributed by atoms with Crippen LogP contribution >= 0.6 is 0 Å². The van der Waals surface area contributed by atoms with Crippen LogP contribution in [0.3, 0.4) is 0 Å². The second-order valence-electron chi connectivity index (χ2n) is 10.5. The fraction of sp³-hybridized carbons (Fsp3) is 0.0278. The Hall–Kier alpha value is -5.35. The van der Waals surface area contributed by atoms with Crippen molar-refractivity contribution >= 4 is 65.4 Å². The SMILES string of the molecule is Cn1c(-n2c3ccccc3c3ccc4c(ccc5c4c4ccccc4n5-c4ccccc4)c32)nc2ccccc21. The van der Waals surface area contributed by atoms with E-state index >= 15 is 0 Å².